The van der Waals surface area contributed by atoms with Gasteiger partial charge in [-0.3, -0.25) is 0 Å². The van der Waals surface area contributed by atoms with Crippen LogP contribution in [0.5, 0.6) is 11.5 Å². The Hall–Kier alpha value is -2.93. The van der Waals surface area contributed by atoms with Crippen LogP contribution in [0, 0.1) is 4.77 Å². The van der Waals surface area contributed by atoms with Gasteiger partial charge in [0.15, 0.2) is 5.82 Å². The standard InChI is InChI=1S/C20H22N4O2S/c1-20(2,3)15-7-9-17(10-8-15)26-13-18-22-23-19(27)24(18)21-12-14-5-4-6-16(25)11-14/h4-12,25H,13H2,1-3H3,(H,23,27)/b21-12-. The average molecular weight is 382 g/mol. The first-order chi connectivity index (χ1) is 12.8. The number of nitrogens with zero attached hydrogens (tertiary/aromatic N) is 3. The van der Waals surface area contributed by atoms with E-state index in [2.05, 4.69) is 48.2 Å². The molecule has 3 rings (SSSR count). The van der Waals surface area contributed by atoms with E-state index in [9.17, 15) is 5.11 Å². The molecule has 27 heavy (non-hydrogen) atoms. The lowest BCUT2D eigenvalue weighted by molar-refractivity contribution is 0.290. The van der Waals surface area contributed by atoms with Crippen molar-refractivity contribution in [3.8, 4) is 11.5 Å². The fraction of sp³-hybridized carbons (Fsp3) is 0.250. The lowest BCUT2D eigenvalue weighted by Gasteiger charge is -2.19. The minimum Gasteiger partial charge on any atom is -0.508 e. The topological polar surface area (TPSA) is 75.4 Å². The van der Waals surface area contributed by atoms with Gasteiger partial charge in [0.05, 0.1) is 6.21 Å². The highest BCUT2D eigenvalue weighted by Gasteiger charge is 2.13. The maximum Gasteiger partial charge on any atom is 0.216 e. The molecule has 0 atom stereocenters. The average Bonchev–Trinajstić information content (AvgIpc) is 2.98. The highest BCUT2D eigenvalue weighted by atomic mass is 32.1. The SMILES string of the molecule is CC(C)(C)c1ccc(OCc2n[nH]c(=S)n2/N=C\c2cccc(O)c2)cc1. The number of benzene rings is 2. The summed E-state index contributed by atoms with van der Waals surface area (Å²) in [6.45, 7) is 6.74. The second kappa shape index (κ2) is 7.75. The van der Waals surface area contributed by atoms with E-state index in [0.717, 1.165) is 11.3 Å². The van der Waals surface area contributed by atoms with Crippen molar-refractivity contribution in [2.45, 2.75) is 32.8 Å². The summed E-state index contributed by atoms with van der Waals surface area (Å²) < 4.78 is 7.69. The second-order valence-electron chi connectivity index (χ2n) is 7.16. The summed E-state index contributed by atoms with van der Waals surface area (Å²) in [6, 6.07) is 14.8. The van der Waals surface area contributed by atoms with Gasteiger partial charge in [-0.1, -0.05) is 45.0 Å². The number of phenols is 1. The Morgan fingerprint density at radius 1 is 1.22 bits per heavy atom. The van der Waals surface area contributed by atoms with E-state index in [1.807, 2.05) is 18.2 Å². The maximum atomic E-state index is 9.53. The van der Waals surface area contributed by atoms with Crippen molar-refractivity contribution >= 4 is 18.4 Å². The molecule has 3 aromatic rings. The smallest absolute Gasteiger partial charge is 0.216 e. The third-order valence-corrected chi connectivity index (χ3v) is 4.26. The summed E-state index contributed by atoms with van der Waals surface area (Å²) in [5.41, 5.74) is 2.10. The Labute approximate surface area is 163 Å². The van der Waals surface area contributed by atoms with Crippen molar-refractivity contribution in [1.29, 1.82) is 0 Å². The Kier molecular flexibility index (Phi) is 5.41. The van der Waals surface area contributed by atoms with Crippen LogP contribution < -0.4 is 4.74 Å². The first kappa shape index (κ1) is 18.8. The molecule has 0 spiro atoms. The van der Waals surface area contributed by atoms with Crippen LogP contribution in [0.3, 0.4) is 0 Å². The molecule has 0 saturated heterocycles. The number of hydrogen-bond acceptors (Lipinski definition) is 5. The Morgan fingerprint density at radius 3 is 2.63 bits per heavy atom. The third kappa shape index (κ3) is 4.83. The summed E-state index contributed by atoms with van der Waals surface area (Å²) in [7, 11) is 0. The molecule has 6 nitrogen and oxygen atoms in total. The number of H-pyrrole nitrogens is 1. The number of phenolic OH excluding ortho intramolecular Hbond substituents is 1. The molecule has 7 heteroatoms. The van der Waals surface area contributed by atoms with Gasteiger partial charge in [0, 0.05) is 0 Å². The number of ether oxygens (including phenoxy) is 1. The first-order valence-corrected chi connectivity index (χ1v) is 8.97. The van der Waals surface area contributed by atoms with Crippen LogP contribution in [0.25, 0.3) is 0 Å². The molecule has 1 aromatic heterocycles. The van der Waals surface area contributed by atoms with Gasteiger partial charge in [-0.2, -0.15) is 14.9 Å². The van der Waals surface area contributed by atoms with Gasteiger partial charge >= 0.3 is 0 Å². The van der Waals surface area contributed by atoms with E-state index in [0.29, 0.717) is 10.6 Å². The van der Waals surface area contributed by atoms with Crippen LogP contribution in [-0.2, 0) is 12.0 Å². The lowest BCUT2D eigenvalue weighted by atomic mass is 9.87. The van der Waals surface area contributed by atoms with Crippen LogP contribution >= 0.6 is 12.2 Å². The highest BCUT2D eigenvalue weighted by molar-refractivity contribution is 7.71. The fourth-order valence-corrected chi connectivity index (χ4v) is 2.66. The van der Waals surface area contributed by atoms with Crippen molar-refractivity contribution in [3.05, 3.63) is 70.3 Å². The number of hydrogen-bond donors (Lipinski definition) is 2. The number of rotatable bonds is 5. The Bertz CT molecular complexity index is 998. The minimum absolute atomic E-state index is 0.0988. The zero-order chi connectivity index (χ0) is 19.4. The molecule has 0 aliphatic carbocycles. The van der Waals surface area contributed by atoms with E-state index in [1.54, 1.807) is 24.4 Å². The normalized spacial score (nSPS) is 11.8. The largest absolute Gasteiger partial charge is 0.508 e. The molecule has 2 N–H and O–H groups in total. The maximum absolute atomic E-state index is 9.53. The monoisotopic (exact) mass is 382 g/mol. The van der Waals surface area contributed by atoms with Gasteiger partial charge in [-0.15, -0.1) is 0 Å². The molecule has 140 valence electrons. The zero-order valence-electron chi connectivity index (χ0n) is 15.5. The summed E-state index contributed by atoms with van der Waals surface area (Å²) in [6.07, 6.45) is 1.60. The molecule has 1 heterocycles. The molecule has 0 unspecified atom stereocenters. The molecule has 0 fully saturated rings. The minimum atomic E-state index is 0.0988. The van der Waals surface area contributed by atoms with Crippen LogP contribution in [0.2, 0.25) is 0 Å². The summed E-state index contributed by atoms with van der Waals surface area (Å²) in [4.78, 5) is 0. The van der Waals surface area contributed by atoms with Crippen LogP contribution in [0.4, 0.5) is 0 Å². The molecule has 0 aliphatic heterocycles. The van der Waals surface area contributed by atoms with Crippen molar-refractivity contribution < 1.29 is 9.84 Å². The molecule has 0 aliphatic rings. The third-order valence-electron chi connectivity index (χ3n) is 4.00. The van der Waals surface area contributed by atoms with Gasteiger partial charge < -0.3 is 9.84 Å². The van der Waals surface area contributed by atoms with E-state index in [-0.39, 0.29) is 17.8 Å². The predicted octanol–water partition coefficient (Wildman–Crippen LogP) is 4.40. The number of aromatic hydroxyl groups is 1. The van der Waals surface area contributed by atoms with Gasteiger partial charge in [0.25, 0.3) is 0 Å². The molecule has 2 aromatic carbocycles. The Balaban J connectivity index is 1.72. The van der Waals surface area contributed by atoms with Crippen molar-refractivity contribution in [2.24, 2.45) is 5.10 Å². The molecule has 0 amide bonds. The lowest BCUT2D eigenvalue weighted by Crippen LogP contribution is -2.10. The quantitative estimate of drug-likeness (QED) is 0.506. The highest BCUT2D eigenvalue weighted by Crippen LogP contribution is 2.24. The molecule has 0 bridgehead atoms. The van der Waals surface area contributed by atoms with Crippen molar-refractivity contribution in [1.82, 2.24) is 14.9 Å². The predicted molar refractivity (Wildman–Crippen MR) is 108 cm³/mol. The van der Waals surface area contributed by atoms with Crippen LogP contribution in [-0.4, -0.2) is 26.2 Å². The van der Waals surface area contributed by atoms with Gasteiger partial charge in [0.1, 0.15) is 18.1 Å². The van der Waals surface area contributed by atoms with Gasteiger partial charge in [-0.25, -0.2) is 5.10 Å². The zero-order valence-corrected chi connectivity index (χ0v) is 16.3. The van der Waals surface area contributed by atoms with Crippen molar-refractivity contribution in [2.75, 3.05) is 0 Å². The van der Waals surface area contributed by atoms with E-state index in [4.69, 9.17) is 17.0 Å². The molecular formula is C20H22N4O2S. The van der Waals surface area contributed by atoms with E-state index in [1.165, 1.54) is 10.2 Å². The summed E-state index contributed by atoms with van der Waals surface area (Å²) in [5.74, 6) is 1.48. The molecule has 0 radical (unpaired) electrons. The Morgan fingerprint density at radius 2 is 1.96 bits per heavy atom. The first-order valence-electron chi connectivity index (χ1n) is 8.56. The van der Waals surface area contributed by atoms with Gasteiger partial charge in [0.2, 0.25) is 4.77 Å². The molecular weight excluding hydrogens is 360 g/mol. The second-order valence-corrected chi connectivity index (χ2v) is 7.55. The van der Waals surface area contributed by atoms with Gasteiger partial charge in [-0.05, 0) is 53.0 Å². The van der Waals surface area contributed by atoms with E-state index >= 15 is 0 Å². The number of aromatic nitrogens is 3. The van der Waals surface area contributed by atoms with E-state index < -0.39 is 0 Å². The number of aromatic amines is 1. The van der Waals surface area contributed by atoms with Crippen molar-refractivity contribution in [3.63, 3.8) is 0 Å². The summed E-state index contributed by atoms with van der Waals surface area (Å²) in [5, 5.41) is 20.8. The van der Waals surface area contributed by atoms with Crippen LogP contribution in [0.15, 0.2) is 53.6 Å². The molecule has 0 saturated carbocycles. The fourth-order valence-electron chi connectivity index (χ4n) is 2.47. The number of nitrogens with one attached hydrogen (secondary N) is 1. The van der Waals surface area contributed by atoms with Crippen LogP contribution in [0.1, 0.15) is 37.7 Å². The summed E-state index contributed by atoms with van der Waals surface area (Å²) >= 11 is 5.23.